The Morgan fingerprint density at radius 3 is 2.41 bits per heavy atom. The van der Waals surface area contributed by atoms with Gasteiger partial charge in [-0.25, -0.2) is 0 Å². The van der Waals surface area contributed by atoms with Gasteiger partial charge in [0.05, 0.1) is 12.5 Å². The fourth-order valence-corrected chi connectivity index (χ4v) is 11.5. The third-order valence-corrected chi connectivity index (χ3v) is 13.8. The molecule has 0 saturated heterocycles. The molecular formula is C37H51NO3. The van der Waals surface area contributed by atoms with Crippen molar-refractivity contribution in [2.75, 3.05) is 7.11 Å². The second kappa shape index (κ2) is 9.13. The number of methoxy groups -OCH3 is 1. The quantitative estimate of drug-likeness (QED) is 0.207. The van der Waals surface area contributed by atoms with Crippen molar-refractivity contribution in [3.8, 4) is 0 Å². The Kier molecular flexibility index (Phi) is 6.43. The van der Waals surface area contributed by atoms with Crippen LogP contribution in [0.15, 0.2) is 41.7 Å². The minimum atomic E-state index is -0.396. The minimum absolute atomic E-state index is 0.0154. The van der Waals surface area contributed by atoms with E-state index in [4.69, 9.17) is 4.74 Å². The first-order chi connectivity index (χ1) is 19.1. The molecule has 0 unspecified atom stereocenters. The molecule has 0 aliphatic heterocycles. The molecule has 4 nitrogen and oxygen atoms in total. The van der Waals surface area contributed by atoms with E-state index in [1.54, 1.807) is 18.9 Å². The average Bonchev–Trinajstić information content (AvgIpc) is 2.92. The number of ketones is 1. The summed E-state index contributed by atoms with van der Waals surface area (Å²) in [6, 6.07) is 4.00. The predicted octanol–water partition coefficient (Wildman–Crippen LogP) is 8.62. The van der Waals surface area contributed by atoms with E-state index in [0.717, 1.165) is 68.9 Å². The van der Waals surface area contributed by atoms with Crippen LogP contribution in [0.1, 0.15) is 112 Å². The van der Waals surface area contributed by atoms with E-state index in [1.807, 2.05) is 12.3 Å². The van der Waals surface area contributed by atoms with Gasteiger partial charge in [-0.3, -0.25) is 14.6 Å². The molecule has 41 heavy (non-hydrogen) atoms. The molecule has 5 aliphatic carbocycles. The molecule has 0 bridgehead atoms. The summed E-state index contributed by atoms with van der Waals surface area (Å²) in [6.45, 7) is 16.8. The van der Waals surface area contributed by atoms with Crippen LogP contribution in [-0.2, 0) is 14.3 Å². The molecule has 0 radical (unpaired) electrons. The van der Waals surface area contributed by atoms with Gasteiger partial charge in [0.15, 0.2) is 5.78 Å². The molecule has 4 heteroatoms. The highest BCUT2D eigenvalue weighted by Crippen LogP contribution is 2.75. The van der Waals surface area contributed by atoms with Crippen molar-refractivity contribution in [3.05, 3.63) is 47.3 Å². The summed E-state index contributed by atoms with van der Waals surface area (Å²) in [5.41, 5.74) is 3.16. The van der Waals surface area contributed by atoms with Gasteiger partial charge >= 0.3 is 5.97 Å². The Morgan fingerprint density at radius 1 is 1.00 bits per heavy atom. The number of ether oxygens (including phenoxy) is 1. The van der Waals surface area contributed by atoms with Gasteiger partial charge in [0, 0.05) is 17.8 Å². The number of rotatable bonds is 2. The van der Waals surface area contributed by atoms with Gasteiger partial charge in [0.1, 0.15) is 0 Å². The molecule has 1 heterocycles. The number of Topliss-reactive ketones (excluding diaryl/α,β-unsaturated/α-hetero) is 1. The highest BCUT2D eigenvalue weighted by Gasteiger charge is 2.69. The average molecular weight is 558 g/mol. The van der Waals surface area contributed by atoms with E-state index in [-0.39, 0.29) is 39.0 Å². The SMILES string of the molecule is COC(=O)[C@]12CCC(C)(C)C[C@H]1C1=CC[C@@H]3[C@@]4(C)C/C(=C/c5cccnc5)C(=O)C(C)(C)[C@@H]4CC[C@@]3(C)[C@]1(C)CC2. The van der Waals surface area contributed by atoms with Crippen LogP contribution in [-0.4, -0.2) is 23.8 Å². The number of esters is 1. The van der Waals surface area contributed by atoms with Crippen molar-refractivity contribution in [2.24, 2.45) is 50.2 Å². The molecule has 222 valence electrons. The van der Waals surface area contributed by atoms with Crippen LogP contribution in [0.2, 0.25) is 0 Å². The molecule has 1 aromatic heterocycles. The molecule has 0 amide bonds. The smallest absolute Gasteiger partial charge is 0.312 e. The van der Waals surface area contributed by atoms with Crippen molar-refractivity contribution in [1.29, 1.82) is 0 Å². The molecule has 4 fully saturated rings. The number of carbonyl (C=O) groups is 2. The first-order valence-electron chi connectivity index (χ1n) is 16.1. The van der Waals surface area contributed by atoms with E-state index in [0.29, 0.717) is 17.6 Å². The van der Waals surface area contributed by atoms with Gasteiger partial charge in [-0.15, -0.1) is 0 Å². The van der Waals surface area contributed by atoms with Gasteiger partial charge in [-0.2, -0.15) is 0 Å². The van der Waals surface area contributed by atoms with Gasteiger partial charge < -0.3 is 4.74 Å². The van der Waals surface area contributed by atoms with Crippen LogP contribution in [0.25, 0.3) is 6.08 Å². The zero-order valence-electron chi connectivity index (χ0n) is 26.7. The van der Waals surface area contributed by atoms with E-state index < -0.39 is 5.41 Å². The largest absolute Gasteiger partial charge is 0.469 e. The van der Waals surface area contributed by atoms with Crippen molar-refractivity contribution < 1.29 is 14.3 Å². The minimum Gasteiger partial charge on any atom is -0.469 e. The molecule has 0 spiro atoms. The monoisotopic (exact) mass is 557 g/mol. The zero-order chi connectivity index (χ0) is 29.6. The summed E-state index contributed by atoms with van der Waals surface area (Å²) >= 11 is 0. The molecule has 4 saturated carbocycles. The van der Waals surface area contributed by atoms with Crippen molar-refractivity contribution >= 4 is 17.8 Å². The summed E-state index contributed by atoms with van der Waals surface area (Å²) in [4.78, 5) is 31.8. The lowest BCUT2D eigenvalue weighted by Gasteiger charge is -2.70. The molecule has 0 aromatic carbocycles. The standard InChI is InChI=1S/C37H51NO3/c1-32(2)15-17-37(31(40)41-8)18-16-35(6)26(27(37)22-32)11-12-29-34(5)21-25(20-24-10-9-19-38-23-24)30(39)33(3,4)28(34)13-14-36(29,35)7/h9-11,19-20,23,27-29H,12-18,21-22H2,1-8H3/b25-20-/t27-,28-,29+,34-,35+,36+,37-/m0/s1. The first kappa shape index (κ1) is 28.9. The summed E-state index contributed by atoms with van der Waals surface area (Å²) in [6.07, 6.45) is 17.5. The van der Waals surface area contributed by atoms with Crippen molar-refractivity contribution in [3.63, 3.8) is 0 Å². The summed E-state index contributed by atoms with van der Waals surface area (Å²) in [5.74, 6) is 1.43. The van der Waals surface area contributed by atoms with Gasteiger partial charge in [0.25, 0.3) is 0 Å². The Labute approximate surface area is 247 Å². The molecule has 1 aromatic rings. The number of fused-ring (bicyclic) bond motifs is 7. The lowest BCUT2D eigenvalue weighted by molar-refractivity contribution is -0.185. The van der Waals surface area contributed by atoms with E-state index >= 15 is 0 Å². The van der Waals surface area contributed by atoms with Crippen molar-refractivity contribution in [2.45, 2.75) is 106 Å². The molecule has 5 aliphatic rings. The maximum Gasteiger partial charge on any atom is 0.312 e. The third kappa shape index (κ3) is 3.87. The fraction of sp³-hybridized carbons (Fsp3) is 0.703. The second-order valence-corrected chi connectivity index (χ2v) is 16.5. The summed E-state index contributed by atoms with van der Waals surface area (Å²) in [7, 11) is 1.58. The normalized spacial score (nSPS) is 43.6. The molecule has 7 atom stereocenters. The zero-order valence-corrected chi connectivity index (χ0v) is 26.7. The Morgan fingerprint density at radius 2 is 1.73 bits per heavy atom. The predicted molar refractivity (Wildman–Crippen MR) is 164 cm³/mol. The van der Waals surface area contributed by atoms with Gasteiger partial charge in [0.2, 0.25) is 0 Å². The van der Waals surface area contributed by atoms with Crippen LogP contribution in [0.4, 0.5) is 0 Å². The lowest BCUT2D eigenvalue weighted by atomic mass is 9.33. The van der Waals surface area contributed by atoms with Gasteiger partial charge in [-0.1, -0.05) is 66.2 Å². The molecule has 0 N–H and O–H groups in total. The molecule has 6 rings (SSSR count). The highest BCUT2D eigenvalue weighted by molar-refractivity contribution is 6.04. The Balaban J connectivity index is 1.45. The van der Waals surface area contributed by atoms with E-state index in [9.17, 15) is 9.59 Å². The number of allylic oxidation sites excluding steroid dienone is 3. The number of hydrogen-bond donors (Lipinski definition) is 0. The van der Waals surface area contributed by atoms with Gasteiger partial charge in [-0.05, 0) is 120 Å². The first-order valence-corrected chi connectivity index (χ1v) is 16.1. The highest BCUT2D eigenvalue weighted by atomic mass is 16.5. The fourth-order valence-electron chi connectivity index (χ4n) is 11.5. The van der Waals surface area contributed by atoms with E-state index in [1.165, 1.54) is 0 Å². The van der Waals surface area contributed by atoms with Crippen LogP contribution < -0.4 is 0 Å². The lowest BCUT2D eigenvalue weighted by Crippen LogP contribution is -2.65. The number of hydrogen-bond acceptors (Lipinski definition) is 4. The maximum atomic E-state index is 14.0. The Bertz CT molecular complexity index is 1320. The second-order valence-electron chi connectivity index (χ2n) is 16.5. The van der Waals surface area contributed by atoms with Crippen LogP contribution in [0.3, 0.4) is 0 Å². The third-order valence-electron chi connectivity index (χ3n) is 13.8. The maximum absolute atomic E-state index is 14.0. The van der Waals surface area contributed by atoms with Crippen LogP contribution in [0, 0.1) is 50.2 Å². The Hall–Kier alpha value is -2.23. The summed E-state index contributed by atoms with van der Waals surface area (Å²) < 4.78 is 5.53. The topological polar surface area (TPSA) is 56.3 Å². The van der Waals surface area contributed by atoms with Crippen molar-refractivity contribution in [1.82, 2.24) is 4.98 Å². The summed E-state index contributed by atoms with van der Waals surface area (Å²) in [5, 5.41) is 0. The number of nitrogens with zero attached hydrogens (tertiary/aromatic N) is 1. The van der Waals surface area contributed by atoms with Crippen LogP contribution in [0.5, 0.6) is 0 Å². The number of carbonyl (C=O) groups excluding carboxylic acids is 2. The van der Waals surface area contributed by atoms with E-state index in [2.05, 4.69) is 71.7 Å². The van der Waals surface area contributed by atoms with Crippen LogP contribution >= 0.6 is 0 Å². The molecular weight excluding hydrogens is 506 g/mol. The number of aromatic nitrogens is 1. The number of pyridine rings is 1.